The maximum absolute atomic E-state index is 11.0. The van der Waals surface area contributed by atoms with Crippen LogP contribution in [-0.2, 0) is 0 Å². The molecule has 0 radical (unpaired) electrons. The number of rotatable bonds is 5. The van der Waals surface area contributed by atoms with Gasteiger partial charge in [-0.15, -0.1) is 0 Å². The molecule has 0 saturated carbocycles. The Hall–Kier alpha value is -2.60. The molecule has 1 aromatic rings. The van der Waals surface area contributed by atoms with E-state index < -0.39 is 4.92 Å². The van der Waals surface area contributed by atoms with Crippen molar-refractivity contribution in [1.29, 1.82) is 10.5 Å². The molecule has 0 aliphatic carbocycles. The third-order valence-corrected chi connectivity index (χ3v) is 2.74. The lowest BCUT2D eigenvalue weighted by atomic mass is 10.1. The van der Waals surface area contributed by atoms with Crippen molar-refractivity contribution in [2.45, 2.75) is 13.8 Å². The van der Waals surface area contributed by atoms with E-state index in [1.807, 2.05) is 13.0 Å². The molecular weight excluding hydrogens is 244 g/mol. The van der Waals surface area contributed by atoms with Crippen LogP contribution in [0.15, 0.2) is 18.2 Å². The highest BCUT2D eigenvalue weighted by Gasteiger charge is 2.20. The van der Waals surface area contributed by atoms with Crippen LogP contribution in [0.1, 0.15) is 19.4 Å². The van der Waals surface area contributed by atoms with Gasteiger partial charge in [-0.05, 0) is 26.0 Å². The van der Waals surface area contributed by atoms with Crippen LogP contribution >= 0.6 is 0 Å². The summed E-state index contributed by atoms with van der Waals surface area (Å²) < 4.78 is 0. The molecule has 6 heteroatoms. The summed E-state index contributed by atoms with van der Waals surface area (Å²) in [6.45, 7) is 4.53. The minimum absolute atomic E-state index is 0.0500. The summed E-state index contributed by atoms with van der Waals surface area (Å²) in [5.41, 5.74) is 0.698. The fourth-order valence-corrected chi connectivity index (χ4v) is 1.77. The lowest BCUT2D eigenvalue weighted by Crippen LogP contribution is -2.28. The molecule has 0 heterocycles. The summed E-state index contributed by atoms with van der Waals surface area (Å²) in [7, 11) is 0. The van der Waals surface area contributed by atoms with Gasteiger partial charge in [-0.2, -0.15) is 10.5 Å². The van der Waals surface area contributed by atoms with E-state index in [1.54, 1.807) is 11.8 Å². The molecule has 6 nitrogen and oxygen atoms in total. The molecule has 0 amide bonds. The Morgan fingerprint density at radius 1 is 1.47 bits per heavy atom. The average Bonchev–Trinajstić information content (AvgIpc) is 2.43. The molecule has 1 aromatic carbocycles. The highest BCUT2D eigenvalue weighted by molar-refractivity contribution is 5.66. The second kappa shape index (κ2) is 6.36. The van der Waals surface area contributed by atoms with Gasteiger partial charge in [0.05, 0.1) is 28.5 Å². The third-order valence-electron chi connectivity index (χ3n) is 2.74. The lowest BCUT2D eigenvalue weighted by Gasteiger charge is -2.23. The van der Waals surface area contributed by atoms with Gasteiger partial charge in [0.25, 0.3) is 5.69 Å². The van der Waals surface area contributed by atoms with E-state index in [9.17, 15) is 10.1 Å². The number of hydrogen-bond donors (Lipinski definition) is 0. The second-order valence-electron chi connectivity index (χ2n) is 4.14. The summed E-state index contributed by atoms with van der Waals surface area (Å²) in [4.78, 5) is 12.3. The Bertz CT molecular complexity index is 557. The van der Waals surface area contributed by atoms with Crippen molar-refractivity contribution in [1.82, 2.24) is 0 Å². The second-order valence-corrected chi connectivity index (χ2v) is 4.14. The smallest absolute Gasteiger partial charge is 0.292 e. The molecule has 98 valence electrons. The fraction of sp³-hybridized carbons (Fsp3) is 0.385. The zero-order chi connectivity index (χ0) is 14.4. The molecular formula is C13H14N4O2. The van der Waals surface area contributed by atoms with Gasteiger partial charge >= 0.3 is 0 Å². The molecule has 0 spiro atoms. The van der Waals surface area contributed by atoms with Crippen LogP contribution in [0.5, 0.6) is 0 Å². The first-order valence-corrected chi connectivity index (χ1v) is 5.86. The van der Waals surface area contributed by atoms with Gasteiger partial charge in [0.2, 0.25) is 0 Å². The van der Waals surface area contributed by atoms with Crippen LogP contribution in [0.2, 0.25) is 0 Å². The predicted octanol–water partition coefficient (Wildman–Crippen LogP) is 2.45. The van der Waals surface area contributed by atoms with Crippen LogP contribution in [0.3, 0.4) is 0 Å². The first-order valence-electron chi connectivity index (χ1n) is 5.86. The number of nitro groups is 1. The Morgan fingerprint density at radius 2 is 2.16 bits per heavy atom. The van der Waals surface area contributed by atoms with E-state index in [0.29, 0.717) is 24.3 Å². The zero-order valence-corrected chi connectivity index (χ0v) is 10.8. The van der Waals surface area contributed by atoms with Gasteiger partial charge in [0.15, 0.2) is 0 Å². The molecule has 0 bridgehead atoms. The van der Waals surface area contributed by atoms with Crippen molar-refractivity contribution >= 4 is 11.4 Å². The van der Waals surface area contributed by atoms with Gasteiger partial charge < -0.3 is 4.90 Å². The molecule has 1 atom stereocenters. The Morgan fingerprint density at radius 3 is 2.63 bits per heavy atom. The van der Waals surface area contributed by atoms with Crippen LogP contribution in [0.4, 0.5) is 11.4 Å². The van der Waals surface area contributed by atoms with Gasteiger partial charge in [0.1, 0.15) is 5.69 Å². The molecule has 1 unspecified atom stereocenters. The summed E-state index contributed by atoms with van der Waals surface area (Å²) in [6, 6.07) is 8.30. The number of benzene rings is 1. The van der Waals surface area contributed by atoms with E-state index in [2.05, 4.69) is 6.07 Å². The summed E-state index contributed by atoms with van der Waals surface area (Å²) in [5.74, 6) is -0.245. The van der Waals surface area contributed by atoms with E-state index >= 15 is 0 Å². The Labute approximate surface area is 111 Å². The third kappa shape index (κ3) is 3.43. The standard InChI is InChI=1S/C13H14N4O2/c1-3-16(9-10(2)7-14)13-6-11(8-15)4-5-12(13)17(18)19/h4-6,10H,3,9H2,1-2H3. The Kier molecular flexibility index (Phi) is 4.84. The largest absolute Gasteiger partial charge is 0.365 e. The van der Waals surface area contributed by atoms with Crippen LogP contribution < -0.4 is 4.90 Å². The van der Waals surface area contributed by atoms with Crippen molar-refractivity contribution in [2.24, 2.45) is 5.92 Å². The number of nitro benzene ring substituents is 1. The summed E-state index contributed by atoms with van der Waals surface area (Å²) in [5, 5.41) is 28.8. The molecule has 19 heavy (non-hydrogen) atoms. The van der Waals surface area contributed by atoms with E-state index in [0.717, 1.165) is 0 Å². The number of hydrogen-bond acceptors (Lipinski definition) is 5. The first kappa shape index (κ1) is 14.5. The topological polar surface area (TPSA) is 94.0 Å². The maximum Gasteiger partial charge on any atom is 0.292 e. The molecule has 0 aliphatic heterocycles. The van der Waals surface area contributed by atoms with Gasteiger partial charge in [-0.3, -0.25) is 10.1 Å². The quantitative estimate of drug-likeness (QED) is 0.597. The lowest BCUT2D eigenvalue weighted by molar-refractivity contribution is -0.384. The van der Waals surface area contributed by atoms with Crippen molar-refractivity contribution in [3.63, 3.8) is 0 Å². The number of nitriles is 2. The zero-order valence-electron chi connectivity index (χ0n) is 10.8. The van der Waals surface area contributed by atoms with E-state index in [4.69, 9.17) is 10.5 Å². The van der Waals surface area contributed by atoms with Crippen LogP contribution in [-0.4, -0.2) is 18.0 Å². The molecule has 0 N–H and O–H groups in total. The fourth-order valence-electron chi connectivity index (χ4n) is 1.77. The van der Waals surface area contributed by atoms with E-state index in [1.165, 1.54) is 18.2 Å². The highest BCUT2D eigenvalue weighted by atomic mass is 16.6. The summed E-state index contributed by atoms with van der Waals surface area (Å²) >= 11 is 0. The minimum Gasteiger partial charge on any atom is -0.365 e. The SMILES string of the molecule is CCN(CC(C)C#N)c1cc(C#N)ccc1[N+](=O)[O-]. The summed E-state index contributed by atoms with van der Waals surface area (Å²) in [6.07, 6.45) is 0. The van der Waals surface area contributed by atoms with Gasteiger partial charge in [-0.25, -0.2) is 0 Å². The van der Waals surface area contributed by atoms with Crippen molar-refractivity contribution in [3.8, 4) is 12.1 Å². The van der Waals surface area contributed by atoms with Crippen LogP contribution in [0, 0.1) is 38.7 Å². The molecule has 0 fully saturated rings. The first-order chi connectivity index (χ1) is 9.03. The van der Waals surface area contributed by atoms with Gasteiger partial charge in [-0.1, -0.05) is 0 Å². The van der Waals surface area contributed by atoms with E-state index in [-0.39, 0.29) is 11.6 Å². The predicted molar refractivity (Wildman–Crippen MR) is 70.5 cm³/mol. The monoisotopic (exact) mass is 258 g/mol. The number of anilines is 1. The maximum atomic E-state index is 11.0. The van der Waals surface area contributed by atoms with Crippen molar-refractivity contribution < 1.29 is 4.92 Å². The average molecular weight is 258 g/mol. The van der Waals surface area contributed by atoms with Crippen molar-refractivity contribution in [2.75, 3.05) is 18.0 Å². The molecule has 0 aromatic heterocycles. The van der Waals surface area contributed by atoms with Gasteiger partial charge in [0, 0.05) is 19.2 Å². The molecule has 0 saturated heterocycles. The van der Waals surface area contributed by atoms with Crippen LogP contribution in [0.25, 0.3) is 0 Å². The molecule has 1 rings (SSSR count). The normalized spacial score (nSPS) is 11.2. The number of nitrogens with zero attached hydrogens (tertiary/aromatic N) is 4. The molecule has 0 aliphatic rings. The Balaban J connectivity index is 3.24. The van der Waals surface area contributed by atoms with Crippen molar-refractivity contribution in [3.05, 3.63) is 33.9 Å². The minimum atomic E-state index is -0.476. The highest BCUT2D eigenvalue weighted by Crippen LogP contribution is 2.29.